The van der Waals surface area contributed by atoms with Crippen LogP contribution in [0.15, 0.2) is 29.2 Å². The largest absolute Gasteiger partial charge is 0.478 e. The quantitative estimate of drug-likeness (QED) is 0.805. The maximum absolute atomic E-state index is 12.1. The predicted octanol–water partition coefficient (Wildman–Crippen LogP) is 0.141. The molecule has 1 unspecified atom stereocenters. The highest BCUT2D eigenvalue weighted by Gasteiger charge is 2.28. The van der Waals surface area contributed by atoms with E-state index in [0.717, 1.165) is 0 Å². The Balaban J connectivity index is 2.01. The Kier molecular flexibility index (Phi) is 4.29. The average Bonchev–Trinajstić information content (AvgIpc) is 2.76. The summed E-state index contributed by atoms with van der Waals surface area (Å²) in [5.41, 5.74) is 0.0250. The molecule has 0 aromatic heterocycles. The number of amides is 1. The Labute approximate surface area is 122 Å². The normalized spacial score (nSPS) is 19.0. The molecule has 1 fully saturated rings. The smallest absolute Gasteiger partial charge is 0.335 e. The van der Waals surface area contributed by atoms with Gasteiger partial charge >= 0.3 is 5.97 Å². The average molecular weight is 312 g/mol. The van der Waals surface area contributed by atoms with Gasteiger partial charge in [0, 0.05) is 26.6 Å². The fourth-order valence-corrected chi connectivity index (χ4v) is 3.30. The molecule has 1 heterocycles. The lowest BCUT2D eigenvalue weighted by Crippen LogP contribution is -2.30. The van der Waals surface area contributed by atoms with Crippen LogP contribution in [0.1, 0.15) is 16.8 Å². The van der Waals surface area contributed by atoms with E-state index >= 15 is 0 Å². The van der Waals surface area contributed by atoms with E-state index in [1.165, 1.54) is 24.3 Å². The number of carbonyl (C=O) groups excluding carboxylic acids is 1. The number of sulfonamides is 1. The highest BCUT2D eigenvalue weighted by molar-refractivity contribution is 7.89. The van der Waals surface area contributed by atoms with Crippen molar-refractivity contribution in [2.24, 2.45) is 5.92 Å². The van der Waals surface area contributed by atoms with Gasteiger partial charge in [-0.05, 0) is 30.2 Å². The van der Waals surface area contributed by atoms with E-state index in [1.807, 2.05) is 0 Å². The van der Waals surface area contributed by atoms with Crippen LogP contribution >= 0.6 is 0 Å². The van der Waals surface area contributed by atoms with Gasteiger partial charge < -0.3 is 10.0 Å². The Morgan fingerprint density at radius 2 is 2.00 bits per heavy atom. The van der Waals surface area contributed by atoms with Crippen molar-refractivity contribution in [1.29, 1.82) is 0 Å². The standard InChI is InChI=1S/C13H16N2O5S/c1-15-8-9(6-12(15)16)7-14-21(19,20)11-4-2-10(3-5-11)13(17)18/h2-5,9,14H,6-8H2,1H3,(H,17,18). The van der Waals surface area contributed by atoms with Gasteiger partial charge in [-0.2, -0.15) is 0 Å². The number of hydrogen-bond acceptors (Lipinski definition) is 4. The maximum atomic E-state index is 12.1. The minimum absolute atomic E-state index is 0.00464. The van der Waals surface area contributed by atoms with Crippen LogP contribution in [0.25, 0.3) is 0 Å². The SMILES string of the molecule is CN1CC(CNS(=O)(=O)c2ccc(C(=O)O)cc2)CC1=O. The van der Waals surface area contributed by atoms with Crippen LogP contribution in [0.4, 0.5) is 0 Å². The lowest BCUT2D eigenvalue weighted by molar-refractivity contribution is -0.126. The van der Waals surface area contributed by atoms with Gasteiger partial charge in [-0.3, -0.25) is 4.79 Å². The van der Waals surface area contributed by atoms with Crippen LogP contribution in [0.5, 0.6) is 0 Å². The van der Waals surface area contributed by atoms with Crippen molar-refractivity contribution >= 4 is 21.9 Å². The number of likely N-dealkylation sites (tertiary alicyclic amines) is 1. The second kappa shape index (κ2) is 5.82. The molecule has 1 saturated heterocycles. The van der Waals surface area contributed by atoms with Gasteiger partial charge in [0.15, 0.2) is 0 Å². The van der Waals surface area contributed by atoms with Gasteiger partial charge in [0.25, 0.3) is 0 Å². The zero-order valence-electron chi connectivity index (χ0n) is 11.4. The van der Waals surface area contributed by atoms with Gasteiger partial charge in [0.1, 0.15) is 0 Å². The van der Waals surface area contributed by atoms with Crippen molar-refractivity contribution in [3.05, 3.63) is 29.8 Å². The fourth-order valence-electron chi connectivity index (χ4n) is 2.18. The van der Waals surface area contributed by atoms with Gasteiger partial charge in [0.2, 0.25) is 15.9 Å². The van der Waals surface area contributed by atoms with Crippen molar-refractivity contribution in [3.63, 3.8) is 0 Å². The molecule has 0 radical (unpaired) electrons. The van der Waals surface area contributed by atoms with Crippen molar-refractivity contribution < 1.29 is 23.1 Å². The molecular weight excluding hydrogens is 296 g/mol. The summed E-state index contributed by atoms with van der Waals surface area (Å²) in [7, 11) is -2.02. The molecule has 0 aliphatic carbocycles. The third-order valence-electron chi connectivity index (χ3n) is 3.39. The van der Waals surface area contributed by atoms with E-state index in [0.29, 0.717) is 13.0 Å². The summed E-state index contributed by atoms with van der Waals surface area (Å²) >= 11 is 0. The minimum atomic E-state index is -3.70. The van der Waals surface area contributed by atoms with Crippen LogP contribution in [0, 0.1) is 5.92 Å². The van der Waals surface area contributed by atoms with Crippen molar-refractivity contribution in [1.82, 2.24) is 9.62 Å². The molecule has 1 aliphatic rings. The fraction of sp³-hybridized carbons (Fsp3) is 0.385. The van der Waals surface area contributed by atoms with Crippen LogP contribution in [-0.4, -0.2) is 50.4 Å². The number of aromatic carboxylic acids is 1. The van der Waals surface area contributed by atoms with E-state index in [2.05, 4.69) is 4.72 Å². The van der Waals surface area contributed by atoms with Gasteiger partial charge in [-0.15, -0.1) is 0 Å². The summed E-state index contributed by atoms with van der Waals surface area (Å²) in [6, 6.07) is 4.98. The number of hydrogen-bond donors (Lipinski definition) is 2. The molecule has 0 bridgehead atoms. The lowest BCUT2D eigenvalue weighted by atomic mass is 10.1. The second-order valence-electron chi connectivity index (χ2n) is 5.03. The zero-order valence-corrected chi connectivity index (χ0v) is 12.3. The van der Waals surface area contributed by atoms with E-state index in [1.54, 1.807) is 11.9 Å². The molecule has 7 nitrogen and oxygen atoms in total. The van der Waals surface area contributed by atoms with E-state index < -0.39 is 16.0 Å². The summed E-state index contributed by atoms with van der Waals surface area (Å²) in [5.74, 6) is -1.15. The highest BCUT2D eigenvalue weighted by Crippen LogP contribution is 2.16. The first-order valence-electron chi connectivity index (χ1n) is 6.36. The first kappa shape index (κ1) is 15.5. The Morgan fingerprint density at radius 1 is 1.38 bits per heavy atom. The van der Waals surface area contributed by atoms with Crippen LogP contribution in [-0.2, 0) is 14.8 Å². The van der Waals surface area contributed by atoms with Gasteiger partial charge in [-0.25, -0.2) is 17.9 Å². The number of benzene rings is 1. The molecule has 2 N–H and O–H groups in total. The monoisotopic (exact) mass is 312 g/mol. The molecule has 1 atom stereocenters. The topological polar surface area (TPSA) is 104 Å². The highest BCUT2D eigenvalue weighted by atomic mass is 32.2. The third-order valence-corrected chi connectivity index (χ3v) is 4.83. The molecule has 0 spiro atoms. The molecular formula is C13H16N2O5S. The Bertz CT molecular complexity index is 654. The number of nitrogens with one attached hydrogen (secondary N) is 1. The van der Waals surface area contributed by atoms with E-state index in [4.69, 9.17) is 5.11 Å². The Morgan fingerprint density at radius 3 is 2.48 bits per heavy atom. The molecule has 1 aromatic rings. The van der Waals surface area contributed by atoms with Crippen LogP contribution in [0.2, 0.25) is 0 Å². The molecule has 1 amide bonds. The number of carboxylic acid groups (broad SMARTS) is 1. The Hall–Kier alpha value is -1.93. The van der Waals surface area contributed by atoms with Crippen molar-refractivity contribution in [2.45, 2.75) is 11.3 Å². The summed E-state index contributed by atoms with van der Waals surface area (Å²) in [5, 5.41) is 8.77. The molecule has 1 aliphatic heterocycles. The minimum Gasteiger partial charge on any atom is -0.478 e. The van der Waals surface area contributed by atoms with E-state index in [-0.39, 0.29) is 28.8 Å². The molecule has 114 valence electrons. The summed E-state index contributed by atoms with van der Waals surface area (Å²) in [4.78, 5) is 23.7. The number of nitrogens with zero attached hydrogens (tertiary/aromatic N) is 1. The molecule has 1 aromatic carbocycles. The molecule has 8 heteroatoms. The van der Waals surface area contributed by atoms with Gasteiger partial charge in [0.05, 0.1) is 10.5 Å². The molecule has 21 heavy (non-hydrogen) atoms. The predicted molar refractivity (Wildman–Crippen MR) is 74.3 cm³/mol. The maximum Gasteiger partial charge on any atom is 0.335 e. The number of rotatable bonds is 5. The first-order chi connectivity index (χ1) is 9.79. The van der Waals surface area contributed by atoms with Crippen LogP contribution in [0.3, 0.4) is 0 Å². The number of carbonyl (C=O) groups is 2. The van der Waals surface area contributed by atoms with Crippen molar-refractivity contribution in [2.75, 3.05) is 20.1 Å². The lowest BCUT2D eigenvalue weighted by Gasteiger charge is -2.12. The van der Waals surface area contributed by atoms with Crippen LogP contribution < -0.4 is 4.72 Å². The van der Waals surface area contributed by atoms with Gasteiger partial charge in [-0.1, -0.05) is 0 Å². The first-order valence-corrected chi connectivity index (χ1v) is 7.85. The number of carboxylic acids is 1. The molecule has 2 rings (SSSR count). The summed E-state index contributed by atoms with van der Waals surface area (Å²) in [6.45, 7) is 0.707. The summed E-state index contributed by atoms with van der Waals surface area (Å²) in [6.07, 6.45) is 0.330. The zero-order chi connectivity index (χ0) is 15.6. The summed E-state index contributed by atoms with van der Waals surface area (Å²) < 4.78 is 26.6. The second-order valence-corrected chi connectivity index (χ2v) is 6.79. The third kappa shape index (κ3) is 3.59. The molecule has 0 saturated carbocycles. The van der Waals surface area contributed by atoms with Crippen molar-refractivity contribution in [3.8, 4) is 0 Å². The van der Waals surface area contributed by atoms with E-state index in [9.17, 15) is 18.0 Å².